The summed E-state index contributed by atoms with van der Waals surface area (Å²) in [5, 5.41) is 4.06. The van der Waals surface area contributed by atoms with Crippen molar-refractivity contribution < 1.29 is 17.9 Å². The fraction of sp³-hybridized carbons (Fsp3) is 0.364. The standard InChI is InChI=1S/C22H23F3N4O/c1-11(13-7-14(22(23,24)25)9-15(26)8-13)27-21-18-10-19(30-3)16-5-4-6-17(16)20(18)28-12(2)29-21/h7-11H,4-6,26H2,1-3H3,(H,27,28,29)/t11-/m1/s1. The second-order valence-corrected chi connectivity index (χ2v) is 7.66. The first-order valence-corrected chi connectivity index (χ1v) is 9.78. The Hall–Kier alpha value is -3.03. The molecule has 4 rings (SSSR count). The molecule has 2 aromatic carbocycles. The lowest BCUT2D eigenvalue weighted by Gasteiger charge is -2.20. The first kappa shape index (κ1) is 20.3. The van der Waals surface area contributed by atoms with Gasteiger partial charge in [0.2, 0.25) is 0 Å². The molecule has 0 unspecified atom stereocenters. The molecule has 0 saturated heterocycles. The van der Waals surface area contributed by atoms with Gasteiger partial charge in [0, 0.05) is 11.1 Å². The summed E-state index contributed by atoms with van der Waals surface area (Å²) < 4.78 is 45.2. The van der Waals surface area contributed by atoms with Crippen LogP contribution in [0.4, 0.5) is 24.7 Å². The molecule has 0 bridgehead atoms. The Balaban J connectivity index is 1.78. The Bertz CT molecular complexity index is 1130. The van der Waals surface area contributed by atoms with E-state index in [9.17, 15) is 13.2 Å². The van der Waals surface area contributed by atoms with E-state index in [1.165, 1.54) is 5.56 Å². The lowest BCUT2D eigenvalue weighted by atomic mass is 10.0. The number of nitrogen functional groups attached to an aromatic ring is 1. The minimum atomic E-state index is -4.46. The number of nitrogens with one attached hydrogen (secondary N) is 1. The molecule has 8 heteroatoms. The van der Waals surface area contributed by atoms with Gasteiger partial charge in [-0.25, -0.2) is 9.97 Å². The van der Waals surface area contributed by atoms with Crippen LogP contribution >= 0.6 is 0 Å². The molecule has 0 radical (unpaired) electrons. The number of alkyl halides is 3. The van der Waals surface area contributed by atoms with Crippen LogP contribution < -0.4 is 15.8 Å². The second-order valence-electron chi connectivity index (χ2n) is 7.66. The maximum absolute atomic E-state index is 13.2. The molecule has 158 valence electrons. The van der Waals surface area contributed by atoms with Gasteiger partial charge in [0.05, 0.1) is 24.2 Å². The highest BCUT2D eigenvalue weighted by Gasteiger charge is 2.31. The molecule has 1 aromatic heterocycles. The highest BCUT2D eigenvalue weighted by Crippen LogP contribution is 2.39. The summed E-state index contributed by atoms with van der Waals surface area (Å²) in [5.74, 6) is 1.95. The number of aryl methyl sites for hydroxylation is 2. The average Bonchev–Trinajstić information content (AvgIpc) is 3.16. The number of benzene rings is 2. The summed E-state index contributed by atoms with van der Waals surface area (Å²) in [4.78, 5) is 9.18. The van der Waals surface area contributed by atoms with Crippen molar-refractivity contribution in [1.82, 2.24) is 9.97 Å². The van der Waals surface area contributed by atoms with E-state index in [1.54, 1.807) is 20.1 Å². The topological polar surface area (TPSA) is 73.1 Å². The highest BCUT2D eigenvalue weighted by atomic mass is 19.4. The molecule has 1 atom stereocenters. The van der Waals surface area contributed by atoms with Crippen molar-refractivity contribution in [3.05, 3.63) is 52.3 Å². The van der Waals surface area contributed by atoms with Crippen molar-refractivity contribution in [3.8, 4) is 5.75 Å². The fourth-order valence-electron chi connectivity index (χ4n) is 4.11. The van der Waals surface area contributed by atoms with Gasteiger partial charge in [0.25, 0.3) is 0 Å². The first-order chi connectivity index (χ1) is 14.2. The van der Waals surface area contributed by atoms with Gasteiger partial charge >= 0.3 is 6.18 Å². The number of methoxy groups -OCH3 is 1. The Labute approximate surface area is 172 Å². The van der Waals surface area contributed by atoms with Crippen LogP contribution in [0.15, 0.2) is 24.3 Å². The van der Waals surface area contributed by atoms with Gasteiger partial charge in [0.1, 0.15) is 17.4 Å². The average molecular weight is 416 g/mol. The third kappa shape index (κ3) is 3.62. The Morgan fingerprint density at radius 1 is 1.10 bits per heavy atom. The summed E-state index contributed by atoms with van der Waals surface area (Å²) in [6.07, 6.45) is -1.56. The van der Waals surface area contributed by atoms with Crippen LogP contribution in [-0.4, -0.2) is 17.1 Å². The van der Waals surface area contributed by atoms with E-state index in [0.717, 1.165) is 53.6 Å². The van der Waals surface area contributed by atoms with Crippen molar-refractivity contribution in [2.75, 3.05) is 18.2 Å². The number of rotatable bonds is 4. The summed E-state index contributed by atoms with van der Waals surface area (Å²) >= 11 is 0. The summed E-state index contributed by atoms with van der Waals surface area (Å²) in [7, 11) is 1.63. The maximum atomic E-state index is 13.2. The van der Waals surface area contributed by atoms with Gasteiger partial charge < -0.3 is 15.8 Å². The molecule has 1 aliphatic rings. The van der Waals surface area contributed by atoms with E-state index >= 15 is 0 Å². The number of hydrogen-bond acceptors (Lipinski definition) is 5. The number of halogens is 3. The number of nitrogens with zero attached hydrogens (tertiary/aromatic N) is 2. The van der Waals surface area contributed by atoms with Gasteiger partial charge in [-0.15, -0.1) is 0 Å². The molecule has 0 spiro atoms. The minimum absolute atomic E-state index is 0.0664. The van der Waals surface area contributed by atoms with Crippen molar-refractivity contribution in [2.45, 2.75) is 45.3 Å². The highest BCUT2D eigenvalue weighted by molar-refractivity contribution is 5.94. The van der Waals surface area contributed by atoms with E-state index in [2.05, 4.69) is 15.3 Å². The van der Waals surface area contributed by atoms with Crippen LogP contribution in [-0.2, 0) is 19.0 Å². The van der Waals surface area contributed by atoms with Crippen LogP contribution in [0.25, 0.3) is 10.9 Å². The summed E-state index contributed by atoms with van der Waals surface area (Å²) in [6, 6.07) is 5.05. The van der Waals surface area contributed by atoms with Crippen LogP contribution in [0.3, 0.4) is 0 Å². The van der Waals surface area contributed by atoms with Crippen molar-refractivity contribution in [3.63, 3.8) is 0 Å². The number of nitrogens with two attached hydrogens (primary N) is 1. The summed E-state index contributed by atoms with van der Waals surface area (Å²) in [6.45, 7) is 3.59. The molecule has 3 N–H and O–H groups in total. The SMILES string of the molecule is COc1cc2c(N[C@H](C)c3cc(N)cc(C(F)(F)F)c3)nc(C)nc2c2c1CCC2. The van der Waals surface area contributed by atoms with E-state index in [1.807, 2.05) is 13.0 Å². The molecule has 5 nitrogen and oxygen atoms in total. The van der Waals surface area contributed by atoms with Crippen molar-refractivity contribution in [2.24, 2.45) is 0 Å². The van der Waals surface area contributed by atoms with Crippen LogP contribution in [0.2, 0.25) is 0 Å². The molecular weight excluding hydrogens is 393 g/mol. The second kappa shape index (κ2) is 7.34. The van der Waals surface area contributed by atoms with Gasteiger partial charge in [-0.1, -0.05) is 0 Å². The number of hydrogen-bond donors (Lipinski definition) is 2. The largest absolute Gasteiger partial charge is 0.496 e. The Morgan fingerprint density at radius 2 is 1.83 bits per heavy atom. The molecule has 3 aromatic rings. The van der Waals surface area contributed by atoms with E-state index in [4.69, 9.17) is 10.5 Å². The molecule has 1 aliphatic carbocycles. The molecule has 1 heterocycles. The fourth-order valence-corrected chi connectivity index (χ4v) is 4.11. The zero-order valence-corrected chi connectivity index (χ0v) is 17.0. The minimum Gasteiger partial charge on any atom is -0.496 e. The van der Waals surface area contributed by atoms with Gasteiger partial charge in [-0.3, -0.25) is 0 Å². The molecule has 30 heavy (non-hydrogen) atoms. The number of anilines is 2. The van der Waals surface area contributed by atoms with E-state index in [0.29, 0.717) is 17.2 Å². The van der Waals surface area contributed by atoms with Crippen molar-refractivity contribution in [1.29, 1.82) is 0 Å². The van der Waals surface area contributed by atoms with Gasteiger partial charge in [-0.2, -0.15) is 13.2 Å². The monoisotopic (exact) mass is 416 g/mol. The molecule has 0 saturated carbocycles. The van der Waals surface area contributed by atoms with E-state index in [-0.39, 0.29) is 5.69 Å². The maximum Gasteiger partial charge on any atom is 0.416 e. The predicted octanol–water partition coefficient (Wildman–Crippen LogP) is 5.21. The van der Waals surface area contributed by atoms with E-state index < -0.39 is 17.8 Å². The quantitative estimate of drug-likeness (QED) is 0.571. The Kier molecular flexibility index (Phi) is 4.95. The normalized spacial score (nSPS) is 14.6. The Morgan fingerprint density at radius 3 is 2.53 bits per heavy atom. The smallest absolute Gasteiger partial charge is 0.416 e. The molecule has 0 aliphatic heterocycles. The molecule has 0 fully saturated rings. The number of fused-ring (bicyclic) bond motifs is 3. The van der Waals surface area contributed by atoms with Crippen LogP contribution in [0.1, 0.15) is 47.5 Å². The number of ether oxygens (including phenoxy) is 1. The lowest BCUT2D eigenvalue weighted by Crippen LogP contribution is -2.13. The number of aromatic nitrogens is 2. The summed E-state index contributed by atoms with van der Waals surface area (Å²) in [5.41, 5.74) is 8.66. The molecular formula is C22H23F3N4O. The third-order valence-electron chi connectivity index (χ3n) is 5.51. The molecule has 0 amide bonds. The first-order valence-electron chi connectivity index (χ1n) is 9.78. The third-order valence-corrected chi connectivity index (χ3v) is 5.51. The van der Waals surface area contributed by atoms with Gasteiger partial charge in [0.15, 0.2) is 0 Å². The van der Waals surface area contributed by atoms with Crippen LogP contribution in [0.5, 0.6) is 5.75 Å². The van der Waals surface area contributed by atoms with Crippen LogP contribution in [0, 0.1) is 6.92 Å². The predicted molar refractivity (Wildman–Crippen MR) is 111 cm³/mol. The zero-order chi connectivity index (χ0) is 21.6. The van der Waals surface area contributed by atoms with Crippen molar-refractivity contribution >= 4 is 22.4 Å². The lowest BCUT2D eigenvalue weighted by molar-refractivity contribution is -0.137. The zero-order valence-electron chi connectivity index (χ0n) is 17.0. The van der Waals surface area contributed by atoms with Gasteiger partial charge in [-0.05, 0) is 74.1 Å².